The topological polar surface area (TPSA) is 92.5 Å². The van der Waals surface area contributed by atoms with E-state index in [1.165, 1.54) is 0 Å². The van der Waals surface area contributed by atoms with Crippen LogP contribution >= 0.6 is 11.6 Å². The first-order chi connectivity index (χ1) is 13.4. The number of amides is 2. The Morgan fingerprint density at radius 1 is 1.07 bits per heavy atom. The van der Waals surface area contributed by atoms with Crippen LogP contribution in [0.5, 0.6) is 0 Å². The van der Waals surface area contributed by atoms with Gasteiger partial charge in [-0.15, -0.1) is 0 Å². The summed E-state index contributed by atoms with van der Waals surface area (Å²) in [6.45, 7) is 1.46. The minimum Gasteiger partial charge on any atom is -0.369 e. The molecule has 1 heterocycles. The first-order valence-corrected chi connectivity index (χ1v) is 9.52. The highest BCUT2D eigenvalue weighted by Gasteiger charge is 2.24. The van der Waals surface area contributed by atoms with E-state index in [1.807, 2.05) is 11.0 Å². The maximum absolute atomic E-state index is 12.8. The summed E-state index contributed by atoms with van der Waals surface area (Å²) in [5, 5.41) is 3.24. The second kappa shape index (κ2) is 8.99. The van der Waals surface area contributed by atoms with Crippen LogP contribution in [-0.2, 0) is 9.59 Å². The summed E-state index contributed by atoms with van der Waals surface area (Å²) in [7, 11) is 0. The van der Waals surface area contributed by atoms with Crippen LogP contribution in [0.15, 0.2) is 48.5 Å². The fourth-order valence-electron chi connectivity index (χ4n) is 3.33. The zero-order chi connectivity index (χ0) is 20.1. The molecule has 2 amide bonds. The van der Waals surface area contributed by atoms with Crippen molar-refractivity contribution in [2.75, 3.05) is 25.0 Å². The molecule has 1 fully saturated rings. The summed E-state index contributed by atoms with van der Waals surface area (Å²) in [6, 6.07) is 13.7. The number of nitrogens with one attached hydrogen (secondary N) is 1. The molecule has 3 N–H and O–H groups in total. The fraction of sp³-hybridized carbons (Fsp3) is 0.286. The first kappa shape index (κ1) is 20.0. The van der Waals surface area contributed by atoms with Crippen LogP contribution in [0.3, 0.4) is 0 Å². The molecule has 28 heavy (non-hydrogen) atoms. The Bertz CT molecular complexity index is 878. The molecule has 7 heteroatoms. The van der Waals surface area contributed by atoms with Crippen molar-refractivity contribution in [2.24, 2.45) is 11.7 Å². The lowest BCUT2D eigenvalue weighted by Gasteiger charge is -2.29. The zero-order valence-electron chi connectivity index (χ0n) is 15.4. The van der Waals surface area contributed by atoms with Gasteiger partial charge in [-0.1, -0.05) is 41.9 Å². The van der Waals surface area contributed by atoms with E-state index < -0.39 is 0 Å². The van der Waals surface area contributed by atoms with Crippen molar-refractivity contribution in [1.29, 1.82) is 0 Å². The van der Waals surface area contributed by atoms with Gasteiger partial charge < -0.3 is 11.1 Å². The van der Waals surface area contributed by atoms with Gasteiger partial charge in [-0.05, 0) is 44.1 Å². The van der Waals surface area contributed by atoms with Crippen molar-refractivity contribution < 1.29 is 14.4 Å². The zero-order valence-corrected chi connectivity index (χ0v) is 16.1. The number of ketones is 1. The van der Waals surface area contributed by atoms with E-state index in [9.17, 15) is 14.4 Å². The molecule has 0 aliphatic carbocycles. The van der Waals surface area contributed by atoms with Gasteiger partial charge in [-0.2, -0.15) is 0 Å². The normalized spacial score (nSPS) is 15.2. The molecule has 1 aliphatic heterocycles. The van der Waals surface area contributed by atoms with Crippen LogP contribution in [0.25, 0.3) is 0 Å². The number of nitrogens with two attached hydrogens (primary N) is 1. The highest BCUT2D eigenvalue weighted by atomic mass is 35.5. The van der Waals surface area contributed by atoms with Gasteiger partial charge in [0.1, 0.15) is 0 Å². The molecule has 0 bridgehead atoms. The highest BCUT2D eigenvalue weighted by molar-refractivity contribution is 6.31. The Morgan fingerprint density at radius 3 is 2.39 bits per heavy atom. The van der Waals surface area contributed by atoms with E-state index in [2.05, 4.69) is 5.32 Å². The molecule has 0 aromatic heterocycles. The molecule has 3 rings (SSSR count). The van der Waals surface area contributed by atoms with Gasteiger partial charge in [-0.3, -0.25) is 19.3 Å². The standard InChI is InChI=1S/C21H22ClN3O3/c22-16-6-7-18(17(12-16)20(27)14-4-2-1-3-5-14)24-19(26)13-25-10-8-15(9-11-25)21(23)28/h1-7,12,15H,8-11,13H2,(H2,23,28)(H,24,26). The molecule has 0 spiro atoms. The van der Waals surface area contributed by atoms with Gasteiger partial charge in [0, 0.05) is 22.1 Å². The molecule has 2 aromatic rings. The summed E-state index contributed by atoms with van der Waals surface area (Å²) in [5.41, 5.74) is 6.64. The third kappa shape index (κ3) is 4.97. The Labute approximate surface area is 168 Å². The number of nitrogens with zero attached hydrogens (tertiary/aromatic N) is 1. The van der Waals surface area contributed by atoms with E-state index in [0.29, 0.717) is 47.8 Å². The molecular formula is C21H22ClN3O3. The average Bonchev–Trinajstić information content (AvgIpc) is 2.70. The predicted octanol–water partition coefficient (Wildman–Crippen LogP) is 2.71. The number of carbonyl (C=O) groups is 3. The Morgan fingerprint density at radius 2 is 1.75 bits per heavy atom. The number of likely N-dealkylation sites (tertiary alicyclic amines) is 1. The van der Waals surface area contributed by atoms with Gasteiger partial charge in [0.2, 0.25) is 11.8 Å². The number of hydrogen-bond acceptors (Lipinski definition) is 4. The van der Waals surface area contributed by atoms with Crippen LogP contribution in [0.4, 0.5) is 5.69 Å². The molecule has 1 saturated heterocycles. The monoisotopic (exact) mass is 399 g/mol. The number of piperidine rings is 1. The number of hydrogen-bond donors (Lipinski definition) is 2. The van der Waals surface area contributed by atoms with Crippen molar-refractivity contribution in [3.63, 3.8) is 0 Å². The second-order valence-corrected chi connectivity index (χ2v) is 7.32. The molecule has 0 unspecified atom stereocenters. The number of rotatable bonds is 6. The van der Waals surface area contributed by atoms with Crippen LogP contribution in [0.1, 0.15) is 28.8 Å². The quantitative estimate of drug-likeness (QED) is 0.730. The summed E-state index contributed by atoms with van der Waals surface area (Å²) in [4.78, 5) is 38.6. The van der Waals surface area contributed by atoms with Crippen molar-refractivity contribution in [2.45, 2.75) is 12.8 Å². The van der Waals surface area contributed by atoms with Crippen LogP contribution in [0.2, 0.25) is 5.02 Å². The lowest BCUT2D eigenvalue weighted by atomic mass is 9.96. The van der Waals surface area contributed by atoms with Crippen molar-refractivity contribution in [1.82, 2.24) is 4.90 Å². The van der Waals surface area contributed by atoms with E-state index >= 15 is 0 Å². The summed E-state index contributed by atoms with van der Waals surface area (Å²) in [6.07, 6.45) is 1.31. The lowest BCUT2D eigenvalue weighted by Crippen LogP contribution is -2.42. The molecule has 0 atom stereocenters. The molecule has 146 valence electrons. The summed E-state index contributed by atoms with van der Waals surface area (Å²) < 4.78 is 0. The fourth-order valence-corrected chi connectivity index (χ4v) is 3.50. The number of halogens is 1. The van der Waals surface area contributed by atoms with Crippen molar-refractivity contribution >= 4 is 34.9 Å². The molecule has 0 radical (unpaired) electrons. The van der Waals surface area contributed by atoms with Gasteiger partial charge in [0.05, 0.1) is 12.2 Å². The predicted molar refractivity (Wildman–Crippen MR) is 108 cm³/mol. The van der Waals surface area contributed by atoms with E-state index in [0.717, 1.165) is 0 Å². The Kier molecular flexibility index (Phi) is 6.44. The van der Waals surface area contributed by atoms with Gasteiger partial charge in [0.15, 0.2) is 5.78 Å². The Hall–Kier alpha value is -2.70. The van der Waals surface area contributed by atoms with Gasteiger partial charge in [-0.25, -0.2) is 0 Å². The third-order valence-corrected chi connectivity index (χ3v) is 5.13. The lowest BCUT2D eigenvalue weighted by molar-refractivity contribution is -0.123. The third-order valence-electron chi connectivity index (χ3n) is 4.89. The molecule has 1 aliphatic rings. The Balaban J connectivity index is 1.68. The summed E-state index contributed by atoms with van der Waals surface area (Å²) >= 11 is 6.07. The van der Waals surface area contributed by atoms with Crippen LogP contribution < -0.4 is 11.1 Å². The largest absolute Gasteiger partial charge is 0.369 e. The van der Waals surface area contributed by atoms with Gasteiger partial charge >= 0.3 is 0 Å². The molecule has 6 nitrogen and oxygen atoms in total. The number of anilines is 1. The molecule has 2 aromatic carbocycles. The number of primary amides is 1. The van der Waals surface area contributed by atoms with E-state index in [-0.39, 0.29) is 30.1 Å². The molecular weight excluding hydrogens is 378 g/mol. The first-order valence-electron chi connectivity index (χ1n) is 9.15. The highest BCUT2D eigenvalue weighted by Crippen LogP contribution is 2.24. The van der Waals surface area contributed by atoms with E-state index in [1.54, 1.807) is 42.5 Å². The van der Waals surface area contributed by atoms with Crippen molar-refractivity contribution in [3.05, 3.63) is 64.7 Å². The SMILES string of the molecule is NC(=O)C1CCN(CC(=O)Nc2ccc(Cl)cc2C(=O)c2ccccc2)CC1. The van der Waals surface area contributed by atoms with Crippen LogP contribution in [-0.4, -0.2) is 42.1 Å². The minimum absolute atomic E-state index is 0.120. The smallest absolute Gasteiger partial charge is 0.238 e. The summed E-state index contributed by atoms with van der Waals surface area (Å²) in [5.74, 6) is -0.831. The minimum atomic E-state index is -0.283. The second-order valence-electron chi connectivity index (χ2n) is 6.89. The number of benzene rings is 2. The maximum atomic E-state index is 12.8. The van der Waals surface area contributed by atoms with Crippen molar-refractivity contribution in [3.8, 4) is 0 Å². The molecule has 0 saturated carbocycles. The average molecular weight is 400 g/mol. The van der Waals surface area contributed by atoms with Crippen LogP contribution in [0, 0.1) is 5.92 Å². The maximum Gasteiger partial charge on any atom is 0.238 e. The van der Waals surface area contributed by atoms with E-state index in [4.69, 9.17) is 17.3 Å². The number of carbonyl (C=O) groups excluding carboxylic acids is 3. The van der Waals surface area contributed by atoms with Gasteiger partial charge in [0.25, 0.3) is 0 Å².